The Kier molecular flexibility index (Phi) is 4.73. The largest absolute Gasteiger partial charge is 0.389 e. The van der Waals surface area contributed by atoms with Crippen LogP contribution in [0.4, 0.5) is 0 Å². The molecule has 19 heavy (non-hydrogen) atoms. The predicted octanol–water partition coefficient (Wildman–Crippen LogP) is 1.61. The molecule has 4 heteroatoms. The normalized spacial score (nSPS) is 30.0. The van der Waals surface area contributed by atoms with Crippen LogP contribution < -0.4 is 5.73 Å². The monoisotopic (exact) mass is 272 g/mol. The minimum Gasteiger partial charge on any atom is -0.389 e. The van der Waals surface area contributed by atoms with Gasteiger partial charge >= 0.3 is 0 Å². The molecule has 114 valence electrons. The van der Waals surface area contributed by atoms with Gasteiger partial charge in [0.2, 0.25) is 0 Å². The summed E-state index contributed by atoms with van der Waals surface area (Å²) in [6, 6.07) is 0.0124. The van der Waals surface area contributed by atoms with Crippen LogP contribution >= 0.6 is 0 Å². The lowest BCUT2D eigenvalue weighted by Crippen LogP contribution is -2.50. The number of hydrogen-bond donors (Lipinski definition) is 2. The topological polar surface area (TPSA) is 58.7 Å². The van der Waals surface area contributed by atoms with Gasteiger partial charge in [-0.3, -0.25) is 0 Å². The van der Waals surface area contributed by atoms with Gasteiger partial charge < -0.3 is 20.5 Å². The number of hydrogen-bond acceptors (Lipinski definition) is 4. The van der Waals surface area contributed by atoms with Gasteiger partial charge in [0.1, 0.15) is 0 Å². The molecule has 2 unspecified atom stereocenters. The van der Waals surface area contributed by atoms with E-state index in [1.807, 2.05) is 13.8 Å². The number of ether oxygens (including phenoxy) is 1. The molecule has 1 fully saturated rings. The molecule has 1 aliphatic rings. The van der Waals surface area contributed by atoms with E-state index in [0.29, 0.717) is 6.54 Å². The van der Waals surface area contributed by atoms with E-state index in [4.69, 9.17) is 10.5 Å². The highest BCUT2D eigenvalue weighted by Crippen LogP contribution is 2.41. The van der Waals surface area contributed by atoms with Gasteiger partial charge in [-0.1, -0.05) is 6.92 Å². The number of nitrogens with zero attached hydrogens (tertiary/aromatic N) is 1. The molecular weight excluding hydrogens is 240 g/mol. The Bertz CT molecular complexity index is 308. The molecule has 1 saturated heterocycles. The fourth-order valence-electron chi connectivity index (χ4n) is 3.20. The maximum absolute atomic E-state index is 9.99. The summed E-state index contributed by atoms with van der Waals surface area (Å²) < 4.78 is 6.12. The van der Waals surface area contributed by atoms with Gasteiger partial charge in [-0.2, -0.15) is 0 Å². The molecule has 4 nitrogen and oxygen atoms in total. The minimum absolute atomic E-state index is 0.0124. The molecule has 0 amide bonds. The van der Waals surface area contributed by atoms with Crippen molar-refractivity contribution in [3.05, 3.63) is 0 Å². The quantitative estimate of drug-likeness (QED) is 0.798. The smallest absolute Gasteiger partial charge is 0.0788 e. The van der Waals surface area contributed by atoms with Crippen molar-refractivity contribution in [2.45, 2.75) is 71.3 Å². The molecule has 1 aliphatic heterocycles. The number of nitrogens with two attached hydrogens (primary N) is 1. The molecule has 0 aliphatic carbocycles. The summed E-state index contributed by atoms with van der Waals surface area (Å²) in [5, 5.41) is 9.99. The Morgan fingerprint density at radius 3 is 2.05 bits per heavy atom. The Labute approximate surface area is 118 Å². The fraction of sp³-hybridized carbons (Fsp3) is 1.00. The van der Waals surface area contributed by atoms with E-state index < -0.39 is 5.60 Å². The first-order valence-corrected chi connectivity index (χ1v) is 7.29. The molecule has 1 rings (SSSR count). The molecule has 0 aromatic rings. The van der Waals surface area contributed by atoms with Crippen LogP contribution in [0.25, 0.3) is 0 Å². The second kappa shape index (κ2) is 5.32. The van der Waals surface area contributed by atoms with E-state index in [-0.39, 0.29) is 23.2 Å². The van der Waals surface area contributed by atoms with Crippen molar-refractivity contribution in [2.24, 2.45) is 11.7 Å². The zero-order valence-corrected chi connectivity index (χ0v) is 13.7. The molecule has 0 saturated carbocycles. The van der Waals surface area contributed by atoms with Crippen LogP contribution in [0.1, 0.15) is 48.5 Å². The van der Waals surface area contributed by atoms with Crippen LogP contribution in [0.5, 0.6) is 0 Å². The number of aliphatic hydroxyl groups is 1. The summed E-state index contributed by atoms with van der Waals surface area (Å²) in [6.45, 7) is 16.6. The molecule has 0 radical (unpaired) electrons. The van der Waals surface area contributed by atoms with Gasteiger partial charge in [0.05, 0.1) is 16.8 Å². The SMILES string of the molecule is CCN(CC1C(N)C(C)(C)OC1(C)C)CC(C)(C)O. The lowest BCUT2D eigenvalue weighted by atomic mass is 9.82. The third-order valence-corrected chi connectivity index (χ3v) is 4.17. The molecule has 2 atom stereocenters. The van der Waals surface area contributed by atoms with Gasteiger partial charge in [-0.15, -0.1) is 0 Å². The van der Waals surface area contributed by atoms with Crippen LogP contribution in [-0.2, 0) is 4.74 Å². The number of likely N-dealkylation sites (N-methyl/N-ethyl adjacent to an activating group) is 1. The van der Waals surface area contributed by atoms with Crippen molar-refractivity contribution in [3.63, 3.8) is 0 Å². The zero-order valence-electron chi connectivity index (χ0n) is 13.7. The highest BCUT2D eigenvalue weighted by molar-refractivity contribution is 5.04. The van der Waals surface area contributed by atoms with E-state index in [0.717, 1.165) is 13.1 Å². The van der Waals surface area contributed by atoms with Crippen LogP contribution in [0.3, 0.4) is 0 Å². The molecular formula is C15H32N2O2. The van der Waals surface area contributed by atoms with Crippen molar-refractivity contribution < 1.29 is 9.84 Å². The molecule has 1 heterocycles. The standard InChI is InChI=1S/C15H32N2O2/c1-8-17(10-13(2,3)18)9-11-12(16)15(6,7)19-14(11,4)5/h11-12,18H,8-10,16H2,1-7H3. The molecule has 0 aromatic carbocycles. The van der Waals surface area contributed by atoms with E-state index in [2.05, 4.69) is 39.5 Å². The second-order valence-corrected chi connectivity index (χ2v) is 7.58. The Balaban J connectivity index is 2.79. The molecule has 3 N–H and O–H groups in total. The fourth-order valence-corrected chi connectivity index (χ4v) is 3.20. The van der Waals surface area contributed by atoms with E-state index in [9.17, 15) is 5.11 Å². The maximum atomic E-state index is 9.99. The van der Waals surface area contributed by atoms with Gasteiger partial charge in [-0.05, 0) is 48.1 Å². The first kappa shape index (κ1) is 16.9. The first-order chi connectivity index (χ1) is 8.39. The van der Waals surface area contributed by atoms with Crippen LogP contribution in [0.2, 0.25) is 0 Å². The number of rotatable bonds is 5. The van der Waals surface area contributed by atoms with Crippen molar-refractivity contribution in [2.75, 3.05) is 19.6 Å². The Morgan fingerprint density at radius 2 is 1.74 bits per heavy atom. The lowest BCUT2D eigenvalue weighted by Gasteiger charge is -2.35. The average molecular weight is 272 g/mol. The third-order valence-electron chi connectivity index (χ3n) is 4.17. The van der Waals surface area contributed by atoms with E-state index in [1.165, 1.54) is 0 Å². The van der Waals surface area contributed by atoms with Crippen molar-refractivity contribution in [3.8, 4) is 0 Å². The summed E-state index contributed by atoms with van der Waals surface area (Å²) in [5.74, 6) is 0.268. The second-order valence-electron chi connectivity index (χ2n) is 7.58. The summed E-state index contributed by atoms with van der Waals surface area (Å²) in [5.41, 5.74) is 5.19. The Hall–Kier alpha value is -0.160. The summed E-state index contributed by atoms with van der Waals surface area (Å²) in [4.78, 5) is 2.26. The highest BCUT2D eigenvalue weighted by Gasteiger charge is 2.52. The average Bonchev–Trinajstić information content (AvgIpc) is 2.33. The van der Waals surface area contributed by atoms with Crippen LogP contribution in [-0.4, -0.2) is 52.5 Å². The van der Waals surface area contributed by atoms with Crippen LogP contribution in [0.15, 0.2) is 0 Å². The summed E-state index contributed by atoms with van der Waals surface area (Å²) in [6.07, 6.45) is 0. The van der Waals surface area contributed by atoms with Gasteiger partial charge in [-0.25, -0.2) is 0 Å². The van der Waals surface area contributed by atoms with Gasteiger partial charge in [0.15, 0.2) is 0 Å². The van der Waals surface area contributed by atoms with Crippen molar-refractivity contribution >= 4 is 0 Å². The predicted molar refractivity (Wildman–Crippen MR) is 79.1 cm³/mol. The summed E-state index contributed by atoms with van der Waals surface area (Å²) in [7, 11) is 0. The van der Waals surface area contributed by atoms with Gasteiger partial charge in [0, 0.05) is 25.0 Å². The minimum atomic E-state index is -0.681. The first-order valence-electron chi connectivity index (χ1n) is 7.29. The van der Waals surface area contributed by atoms with Crippen molar-refractivity contribution in [1.29, 1.82) is 0 Å². The molecule has 0 spiro atoms. The van der Waals surface area contributed by atoms with E-state index >= 15 is 0 Å². The lowest BCUT2D eigenvalue weighted by molar-refractivity contribution is -0.0797. The van der Waals surface area contributed by atoms with Crippen LogP contribution in [0, 0.1) is 5.92 Å². The highest BCUT2D eigenvalue weighted by atomic mass is 16.5. The van der Waals surface area contributed by atoms with Crippen molar-refractivity contribution in [1.82, 2.24) is 4.90 Å². The van der Waals surface area contributed by atoms with E-state index in [1.54, 1.807) is 0 Å². The van der Waals surface area contributed by atoms with Gasteiger partial charge in [0.25, 0.3) is 0 Å². The zero-order chi connectivity index (χ0) is 15.1. The Morgan fingerprint density at radius 1 is 1.21 bits per heavy atom. The maximum Gasteiger partial charge on any atom is 0.0788 e. The molecule has 0 bridgehead atoms. The molecule has 0 aromatic heterocycles. The summed E-state index contributed by atoms with van der Waals surface area (Å²) >= 11 is 0. The third kappa shape index (κ3) is 4.15.